The zero-order valence-corrected chi connectivity index (χ0v) is 15.9. The number of rotatable bonds is 4. The molecule has 0 N–H and O–H groups in total. The summed E-state index contributed by atoms with van der Waals surface area (Å²) in [5, 5.41) is 0. The summed E-state index contributed by atoms with van der Waals surface area (Å²) in [5.74, 6) is -0.636. The summed E-state index contributed by atoms with van der Waals surface area (Å²) in [6.07, 6.45) is 1.59. The third-order valence-electron chi connectivity index (χ3n) is 4.50. The summed E-state index contributed by atoms with van der Waals surface area (Å²) in [7, 11) is 1.95. The second kappa shape index (κ2) is 6.64. The molecule has 0 fully saturated rings. The first-order chi connectivity index (χ1) is 11.8. The number of nitrogens with zero attached hydrogens (tertiary/aromatic N) is 1. The molecule has 1 aliphatic rings. The van der Waals surface area contributed by atoms with Gasteiger partial charge in [0.05, 0.1) is 0 Å². The average Bonchev–Trinajstić information content (AvgIpc) is 2.75. The zero-order valence-electron chi connectivity index (χ0n) is 14.3. The number of likely N-dealkylation sites (N-methyl/N-ethyl adjacent to an activating group) is 1. The van der Waals surface area contributed by atoms with Crippen LogP contribution in [0.5, 0.6) is 5.75 Å². The van der Waals surface area contributed by atoms with Gasteiger partial charge in [0.25, 0.3) is 0 Å². The molecule has 5 heteroatoms. The molecular weight excluding hydrogens is 385 g/mol. The second-order valence-electron chi connectivity index (χ2n) is 6.56. The largest absolute Gasteiger partial charge is 0.482 e. The molecule has 1 aliphatic heterocycles. The minimum Gasteiger partial charge on any atom is -0.482 e. The van der Waals surface area contributed by atoms with Crippen LogP contribution in [0.25, 0.3) is 0 Å². The molecule has 0 aromatic heterocycles. The number of hydrogen-bond acceptors (Lipinski definition) is 3. The van der Waals surface area contributed by atoms with E-state index in [1.165, 1.54) is 17.7 Å². The van der Waals surface area contributed by atoms with Gasteiger partial charge in [0.15, 0.2) is 24.0 Å². The molecule has 0 amide bonds. The van der Waals surface area contributed by atoms with Crippen molar-refractivity contribution in [2.45, 2.75) is 19.3 Å². The van der Waals surface area contributed by atoms with Gasteiger partial charge in [0.2, 0.25) is 0 Å². The highest BCUT2D eigenvalue weighted by Crippen LogP contribution is 2.46. The fourth-order valence-corrected chi connectivity index (χ4v) is 3.53. The van der Waals surface area contributed by atoms with E-state index in [1.807, 2.05) is 30.1 Å². The average molecular weight is 404 g/mol. The van der Waals surface area contributed by atoms with Gasteiger partial charge < -0.3 is 9.64 Å². The van der Waals surface area contributed by atoms with E-state index in [-0.39, 0.29) is 23.6 Å². The summed E-state index contributed by atoms with van der Waals surface area (Å²) in [6.45, 7) is 3.97. The number of carbonyl (C=O) groups is 1. The van der Waals surface area contributed by atoms with Crippen LogP contribution in [0.1, 0.15) is 19.4 Å². The van der Waals surface area contributed by atoms with Crippen LogP contribution in [0.2, 0.25) is 0 Å². The lowest BCUT2D eigenvalue weighted by Gasteiger charge is -2.23. The third kappa shape index (κ3) is 3.33. The maximum Gasteiger partial charge on any atom is 0.194 e. The van der Waals surface area contributed by atoms with Crippen LogP contribution in [0.3, 0.4) is 0 Å². The first-order valence-electron chi connectivity index (χ1n) is 7.97. The number of hydrogen-bond donors (Lipinski definition) is 0. The monoisotopic (exact) mass is 403 g/mol. The highest BCUT2D eigenvalue weighted by atomic mass is 79.9. The number of benzene rings is 2. The van der Waals surface area contributed by atoms with Gasteiger partial charge in [0.1, 0.15) is 0 Å². The molecule has 0 saturated heterocycles. The summed E-state index contributed by atoms with van der Waals surface area (Å²) in [4.78, 5) is 14.4. The van der Waals surface area contributed by atoms with Gasteiger partial charge in [-0.25, -0.2) is 4.39 Å². The maximum atomic E-state index is 13.8. The van der Waals surface area contributed by atoms with E-state index in [9.17, 15) is 9.18 Å². The third-order valence-corrected chi connectivity index (χ3v) is 5.00. The number of para-hydroxylation sites is 1. The van der Waals surface area contributed by atoms with Crippen molar-refractivity contribution < 1.29 is 13.9 Å². The van der Waals surface area contributed by atoms with Crippen LogP contribution in [0.4, 0.5) is 10.1 Å². The Kier molecular flexibility index (Phi) is 4.69. The Hall–Kier alpha value is -2.14. The Morgan fingerprint density at radius 3 is 2.68 bits per heavy atom. The molecule has 2 aromatic carbocycles. The molecule has 2 aromatic rings. The summed E-state index contributed by atoms with van der Waals surface area (Å²) >= 11 is 3.19. The number of halogens is 2. The summed E-state index contributed by atoms with van der Waals surface area (Å²) in [5.41, 5.74) is 2.89. The Labute approximate surface area is 155 Å². The maximum absolute atomic E-state index is 13.8. The van der Waals surface area contributed by atoms with Gasteiger partial charge in [-0.3, -0.25) is 4.79 Å². The first-order valence-corrected chi connectivity index (χ1v) is 8.76. The fourth-order valence-electron chi connectivity index (χ4n) is 3.19. The SMILES string of the molecule is CN1/C(=C\C(=O)COc2ccc(Br)cc2F)C(C)(C)c2ccccc21. The van der Waals surface area contributed by atoms with E-state index < -0.39 is 5.82 Å². The van der Waals surface area contributed by atoms with Gasteiger partial charge in [-0.15, -0.1) is 0 Å². The van der Waals surface area contributed by atoms with Crippen LogP contribution in [-0.2, 0) is 10.2 Å². The molecule has 130 valence electrons. The van der Waals surface area contributed by atoms with Crippen molar-refractivity contribution in [3.8, 4) is 5.75 Å². The molecule has 0 spiro atoms. The van der Waals surface area contributed by atoms with Crippen molar-refractivity contribution in [1.82, 2.24) is 0 Å². The van der Waals surface area contributed by atoms with Crippen molar-refractivity contribution in [1.29, 1.82) is 0 Å². The van der Waals surface area contributed by atoms with Gasteiger partial charge >= 0.3 is 0 Å². The Morgan fingerprint density at radius 1 is 1.28 bits per heavy atom. The molecule has 1 heterocycles. The highest BCUT2D eigenvalue weighted by Gasteiger charge is 2.38. The minimum atomic E-state index is -0.499. The minimum absolute atomic E-state index is 0.0669. The molecule has 0 atom stereocenters. The van der Waals surface area contributed by atoms with Crippen LogP contribution in [0, 0.1) is 5.82 Å². The van der Waals surface area contributed by atoms with Crippen LogP contribution < -0.4 is 9.64 Å². The normalized spacial score (nSPS) is 16.8. The van der Waals surface area contributed by atoms with E-state index in [0.717, 1.165) is 11.4 Å². The van der Waals surface area contributed by atoms with Crippen LogP contribution in [-0.4, -0.2) is 19.4 Å². The van der Waals surface area contributed by atoms with E-state index in [2.05, 4.69) is 35.8 Å². The van der Waals surface area contributed by atoms with Gasteiger partial charge in [-0.1, -0.05) is 48.0 Å². The van der Waals surface area contributed by atoms with Gasteiger partial charge in [0, 0.05) is 34.4 Å². The number of carbonyl (C=O) groups excluding carboxylic acids is 1. The number of anilines is 1. The Bertz CT molecular complexity index is 861. The van der Waals surface area contributed by atoms with E-state index >= 15 is 0 Å². The van der Waals surface area contributed by atoms with Crippen molar-refractivity contribution in [3.05, 3.63) is 70.1 Å². The summed E-state index contributed by atoms with van der Waals surface area (Å²) in [6, 6.07) is 12.6. The number of fused-ring (bicyclic) bond motifs is 1. The fraction of sp³-hybridized carbons (Fsp3) is 0.250. The second-order valence-corrected chi connectivity index (χ2v) is 7.48. The van der Waals surface area contributed by atoms with Crippen molar-refractivity contribution >= 4 is 27.4 Å². The quantitative estimate of drug-likeness (QED) is 0.683. The molecule has 3 nitrogen and oxygen atoms in total. The molecule has 3 rings (SSSR count). The smallest absolute Gasteiger partial charge is 0.194 e. The Morgan fingerprint density at radius 2 is 2.00 bits per heavy atom. The predicted octanol–water partition coefficient (Wildman–Crippen LogP) is 4.85. The standard InChI is InChI=1S/C20H19BrFNO2/c1-20(2)15-6-4-5-7-17(15)23(3)19(20)11-14(24)12-25-18-9-8-13(21)10-16(18)22/h4-11H,12H2,1-3H3/b19-11-. The number of ketones is 1. The lowest BCUT2D eigenvalue weighted by molar-refractivity contribution is -0.116. The van der Waals surface area contributed by atoms with Crippen molar-refractivity contribution in [2.75, 3.05) is 18.6 Å². The van der Waals surface area contributed by atoms with Gasteiger partial charge in [-0.2, -0.15) is 0 Å². The first kappa shape index (κ1) is 17.7. The van der Waals surface area contributed by atoms with E-state index in [1.54, 1.807) is 12.1 Å². The molecule has 0 aliphatic carbocycles. The molecule has 0 bridgehead atoms. The molecule has 0 saturated carbocycles. The lowest BCUT2D eigenvalue weighted by atomic mass is 9.83. The number of ether oxygens (including phenoxy) is 1. The summed E-state index contributed by atoms with van der Waals surface area (Å²) < 4.78 is 19.7. The van der Waals surface area contributed by atoms with Gasteiger partial charge in [-0.05, 0) is 29.8 Å². The zero-order chi connectivity index (χ0) is 18.2. The lowest BCUT2D eigenvalue weighted by Crippen LogP contribution is -2.25. The highest BCUT2D eigenvalue weighted by molar-refractivity contribution is 9.10. The van der Waals surface area contributed by atoms with E-state index in [4.69, 9.17) is 4.74 Å². The molecule has 0 unspecified atom stereocenters. The number of allylic oxidation sites excluding steroid dienone is 1. The molecule has 0 radical (unpaired) electrons. The van der Waals surface area contributed by atoms with Crippen molar-refractivity contribution in [2.24, 2.45) is 0 Å². The predicted molar refractivity (Wildman–Crippen MR) is 101 cm³/mol. The molecule has 25 heavy (non-hydrogen) atoms. The van der Waals surface area contributed by atoms with Crippen LogP contribution >= 0.6 is 15.9 Å². The Balaban J connectivity index is 1.78. The molecular formula is C20H19BrFNO2. The van der Waals surface area contributed by atoms with Crippen LogP contribution in [0.15, 0.2) is 58.7 Å². The topological polar surface area (TPSA) is 29.5 Å². The van der Waals surface area contributed by atoms with Crippen molar-refractivity contribution in [3.63, 3.8) is 0 Å². The van der Waals surface area contributed by atoms with E-state index in [0.29, 0.717) is 4.47 Å².